The summed E-state index contributed by atoms with van der Waals surface area (Å²) < 4.78 is 7.75. The minimum atomic E-state index is 0.0366. The maximum atomic E-state index is 12.9. The summed E-state index contributed by atoms with van der Waals surface area (Å²) in [7, 11) is 0. The number of carbonyl (C=O) groups excluding carboxylic acids is 1. The van der Waals surface area contributed by atoms with Gasteiger partial charge in [-0.05, 0) is 44.9 Å². The third-order valence-corrected chi connectivity index (χ3v) is 5.20. The van der Waals surface area contributed by atoms with Gasteiger partial charge in [-0.3, -0.25) is 14.5 Å². The zero-order chi connectivity index (χ0) is 20.2. The van der Waals surface area contributed by atoms with Gasteiger partial charge in [0.15, 0.2) is 0 Å². The van der Waals surface area contributed by atoms with Crippen LogP contribution in [0.3, 0.4) is 0 Å². The second-order valence-corrected chi connectivity index (χ2v) is 7.48. The molecule has 0 spiro atoms. The van der Waals surface area contributed by atoms with Crippen molar-refractivity contribution < 1.29 is 9.53 Å². The number of piperidine rings is 1. The van der Waals surface area contributed by atoms with Crippen LogP contribution >= 0.6 is 0 Å². The smallest absolute Gasteiger partial charge is 0.272 e. The average molecular weight is 391 g/mol. The van der Waals surface area contributed by atoms with Crippen LogP contribution in [-0.2, 0) is 0 Å². The zero-order valence-corrected chi connectivity index (χ0v) is 16.7. The number of rotatable bonds is 5. The number of hydrogen-bond donors (Lipinski definition) is 0. The number of nitrogens with zero attached hydrogens (tertiary/aromatic N) is 5. The molecule has 4 rings (SSSR count). The van der Waals surface area contributed by atoms with Crippen LogP contribution in [0.4, 0.5) is 0 Å². The molecule has 0 N–H and O–H groups in total. The van der Waals surface area contributed by atoms with E-state index in [2.05, 4.69) is 15.1 Å². The van der Waals surface area contributed by atoms with Crippen molar-refractivity contribution in [3.63, 3.8) is 0 Å². The Balaban J connectivity index is 1.45. The largest absolute Gasteiger partial charge is 0.437 e. The van der Waals surface area contributed by atoms with E-state index in [1.807, 2.05) is 49.1 Å². The molecule has 0 radical (unpaired) electrons. The molecule has 0 saturated carbocycles. The number of hydrogen-bond acceptors (Lipinski definition) is 5. The van der Waals surface area contributed by atoms with Gasteiger partial charge in [0, 0.05) is 43.6 Å². The lowest BCUT2D eigenvalue weighted by Crippen LogP contribution is -2.39. The summed E-state index contributed by atoms with van der Waals surface area (Å²) in [4.78, 5) is 23.8. The van der Waals surface area contributed by atoms with Crippen LogP contribution in [0, 0.1) is 0 Å². The number of amides is 1. The van der Waals surface area contributed by atoms with E-state index in [4.69, 9.17) is 4.74 Å². The molecular weight excluding hydrogens is 366 g/mol. The summed E-state index contributed by atoms with van der Waals surface area (Å²) in [6, 6.07) is 11.5. The highest BCUT2D eigenvalue weighted by Crippen LogP contribution is 2.33. The van der Waals surface area contributed by atoms with Gasteiger partial charge in [-0.15, -0.1) is 0 Å². The fraction of sp³-hybridized carbons (Fsp3) is 0.364. The second-order valence-electron chi connectivity index (χ2n) is 7.48. The third kappa shape index (κ3) is 4.13. The van der Waals surface area contributed by atoms with Gasteiger partial charge in [-0.25, -0.2) is 4.98 Å². The fourth-order valence-electron chi connectivity index (χ4n) is 3.71. The first-order valence-electron chi connectivity index (χ1n) is 10.00. The van der Waals surface area contributed by atoms with Crippen molar-refractivity contribution in [2.24, 2.45) is 0 Å². The lowest BCUT2D eigenvalue weighted by Gasteiger charge is -2.32. The van der Waals surface area contributed by atoms with E-state index < -0.39 is 0 Å². The van der Waals surface area contributed by atoms with E-state index in [0.29, 0.717) is 24.7 Å². The first kappa shape index (κ1) is 19.1. The summed E-state index contributed by atoms with van der Waals surface area (Å²) >= 11 is 0. The predicted octanol–water partition coefficient (Wildman–Crippen LogP) is 4.07. The van der Waals surface area contributed by atoms with E-state index in [1.165, 1.54) is 0 Å². The number of para-hydroxylation sites is 1. The molecule has 7 heteroatoms. The van der Waals surface area contributed by atoms with Crippen molar-refractivity contribution in [2.45, 2.75) is 38.6 Å². The van der Waals surface area contributed by atoms with E-state index in [0.717, 1.165) is 24.3 Å². The Morgan fingerprint density at radius 1 is 1.03 bits per heavy atom. The van der Waals surface area contributed by atoms with Crippen LogP contribution in [0.25, 0.3) is 0 Å². The molecule has 1 aliphatic heterocycles. The van der Waals surface area contributed by atoms with Crippen molar-refractivity contribution in [3.05, 3.63) is 66.4 Å². The Hall–Kier alpha value is -3.22. The molecule has 1 saturated heterocycles. The highest BCUT2D eigenvalue weighted by Gasteiger charge is 2.29. The first-order chi connectivity index (χ1) is 14.1. The Morgan fingerprint density at radius 3 is 2.48 bits per heavy atom. The summed E-state index contributed by atoms with van der Waals surface area (Å²) in [5.41, 5.74) is 1.50. The predicted molar refractivity (Wildman–Crippen MR) is 109 cm³/mol. The molecule has 3 heterocycles. The zero-order valence-electron chi connectivity index (χ0n) is 16.7. The molecule has 29 heavy (non-hydrogen) atoms. The molecule has 0 bridgehead atoms. The first-order valence-corrected chi connectivity index (χ1v) is 10.00. The number of carbonyl (C=O) groups is 1. The van der Waals surface area contributed by atoms with Crippen LogP contribution in [0.15, 0.2) is 55.0 Å². The van der Waals surface area contributed by atoms with Crippen LogP contribution in [0.1, 0.15) is 54.8 Å². The Kier molecular flexibility index (Phi) is 5.55. The Bertz CT molecular complexity index is 962. The molecule has 0 atom stereocenters. The van der Waals surface area contributed by atoms with Crippen molar-refractivity contribution in [1.29, 1.82) is 0 Å². The summed E-state index contributed by atoms with van der Waals surface area (Å²) in [6.45, 7) is 5.40. The normalized spacial score (nSPS) is 14.9. The second kappa shape index (κ2) is 8.43. The standard InChI is InChI=1S/C22H25N5O2/c1-16(2)27-19(8-11-25-27)22(28)26-14-9-17(10-15-26)20-21(24-13-12-23-20)29-18-6-4-3-5-7-18/h3-8,11-13,16-17H,9-10,14-15H2,1-2H3. The van der Waals surface area contributed by atoms with Gasteiger partial charge >= 0.3 is 0 Å². The summed E-state index contributed by atoms with van der Waals surface area (Å²) in [5.74, 6) is 1.53. The number of aromatic nitrogens is 4. The maximum Gasteiger partial charge on any atom is 0.272 e. The highest BCUT2D eigenvalue weighted by molar-refractivity contribution is 5.92. The SMILES string of the molecule is CC(C)n1nccc1C(=O)N1CCC(c2nccnc2Oc2ccccc2)CC1. The quantitative estimate of drug-likeness (QED) is 0.656. The topological polar surface area (TPSA) is 73.1 Å². The van der Waals surface area contributed by atoms with E-state index in [-0.39, 0.29) is 17.9 Å². The monoisotopic (exact) mass is 391 g/mol. The van der Waals surface area contributed by atoms with Crippen LogP contribution < -0.4 is 4.74 Å². The van der Waals surface area contributed by atoms with Crippen molar-refractivity contribution in [1.82, 2.24) is 24.6 Å². The van der Waals surface area contributed by atoms with Crippen LogP contribution in [-0.4, -0.2) is 43.6 Å². The van der Waals surface area contributed by atoms with E-state index in [9.17, 15) is 4.79 Å². The molecule has 2 aromatic heterocycles. The number of ether oxygens (including phenoxy) is 1. The molecule has 0 aliphatic carbocycles. The van der Waals surface area contributed by atoms with Gasteiger partial charge in [0.25, 0.3) is 5.91 Å². The van der Waals surface area contributed by atoms with E-state index in [1.54, 1.807) is 29.3 Å². The number of likely N-dealkylation sites (tertiary alicyclic amines) is 1. The molecule has 0 unspecified atom stereocenters. The minimum absolute atomic E-state index is 0.0366. The minimum Gasteiger partial charge on any atom is -0.437 e. The number of benzene rings is 1. The van der Waals surface area contributed by atoms with Gasteiger partial charge in [0.2, 0.25) is 5.88 Å². The lowest BCUT2D eigenvalue weighted by molar-refractivity contribution is 0.0697. The van der Waals surface area contributed by atoms with Crippen molar-refractivity contribution >= 4 is 5.91 Å². The Labute approximate surface area is 170 Å². The Morgan fingerprint density at radius 2 is 1.76 bits per heavy atom. The van der Waals surface area contributed by atoms with Gasteiger partial charge < -0.3 is 9.64 Å². The van der Waals surface area contributed by atoms with Crippen molar-refractivity contribution in [2.75, 3.05) is 13.1 Å². The van der Waals surface area contributed by atoms with Gasteiger partial charge in [0.1, 0.15) is 17.1 Å². The molecule has 3 aromatic rings. The molecule has 150 valence electrons. The summed E-state index contributed by atoms with van der Waals surface area (Å²) in [6.07, 6.45) is 6.68. The van der Waals surface area contributed by atoms with Gasteiger partial charge in [-0.2, -0.15) is 5.10 Å². The van der Waals surface area contributed by atoms with Crippen LogP contribution in [0.2, 0.25) is 0 Å². The average Bonchev–Trinajstić information content (AvgIpc) is 3.25. The molecule has 1 fully saturated rings. The van der Waals surface area contributed by atoms with Gasteiger partial charge in [0.05, 0.1) is 0 Å². The third-order valence-electron chi connectivity index (χ3n) is 5.20. The van der Waals surface area contributed by atoms with E-state index >= 15 is 0 Å². The molecular formula is C22H25N5O2. The molecule has 1 aliphatic rings. The molecule has 1 aromatic carbocycles. The summed E-state index contributed by atoms with van der Waals surface area (Å²) in [5, 5.41) is 4.28. The van der Waals surface area contributed by atoms with Gasteiger partial charge in [-0.1, -0.05) is 18.2 Å². The molecule has 1 amide bonds. The molecule has 7 nitrogen and oxygen atoms in total. The maximum absolute atomic E-state index is 12.9. The van der Waals surface area contributed by atoms with Crippen molar-refractivity contribution in [3.8, 4) is 11.6 Å². The fourth-order valence-corrected chi connectivity index (χ4v) is 3.71. The lowest BCUT2D eigenvalue weighted by atomic mass is 9.93. The van der Waals surface area contributed by atoms with Crippen LogP contribution in [0.5, 0.6) is 11.6 Å². The highest BCUT2D eigenvalue weighted by atomic mass is 16.5.